The zero-order valence-electron chi connectivity index (χ0n) is 12.5. The molecule has 2 aromatic rings. The molecule has 0 radical (unpaired) electrons. The fourth-order valence-electron chi connectivity index (χ4n) is 2.52. The third kappa shape index (κ3) is 3.38. The number of hydrogen-bond acceptors (Lipinski definition) is 4. The van der Waals surface area contributed by atoms with E-state index < -0.39 is 0 Å². The molecular weight excluding hydrogens is 288 g/mol. The van der Waals surface area contributed by atoms with E-state index in [-0.39, 0.29) is 11.3 Å². The van der Waals surface area contributed by atoms with Gasteiger partial charge in [0.1, 0.15) is 5.69 Å². The number of nitrogens with two attached hydrogens (primary N) is 1. The number of anilines is 1. The van der Waals surface area contributed by atoms with E-state index in [2.05, 4.69) is 11.2 Å². The van der Waals surface area contributed by atoms with Crippen molar-refractivity contribution in [1.29, 1.82) is 5.26 Å². The molecule has 2 N–H and O–H groups in total. The second kappa shape index (κ2) is 6.32. The van der Waals surface area contributed by atoms with Crippen molar-refractivity contribution in [3.05, 3.63) is 76.2 Å². The maximum Gasteiger partial charge on any atom is 0.203 e. The number of nitriles is 1. The van der Waals surface area contributed by atoms with Crippen molar-refractivity contribution in [3.8, 4) is 6.07 Å². The average molecular weight is 304 g/mol. The van der Waals surface area contributed by atoms with Crippen LogP contribution in [0.5, 0.6) is 0 Å². The van der Waals surface area contributed by atoms with Gasteiger partial charge in [-0.25, -0.2) is 4.68 Å². The molecule has 0 saturated carbocycles. The highest BCUT2D eigenvalue weighted by Crippen LogP contribution is 2.18. The Morgan fingerprint density at radius 2 is 2.26 bits per heavy atom. The van der Waals surface area contributed by atoms with Crippen LogP contribution in [0.2, 0.25) is 0 Å². The van der Waals surface area contributed by atoms with Crippen LogP contribution < -0.4 is 11.2 Å². The molecule has 1 heterocycles. The van der Waals surface area contributed by atoms with Crippen LogP contribution in [0.1, 0.15) is 17.7 Å². The lowest BCUT2D eigenvalue weighted by molar-refractivity contribution is 0.778. The van der Waals surface area contributed by atoms with Crippen molar-refractivity contribution >= 4 is 11.4 Å². The first-order chi connectivity index (χ1) is 11.2. The van der Waals surface area contributed by atoms with Crippen LogP contribution in [0.15, 0.2) is 59.6 Å². The van der Waals surface area contributed by atoms with Crippen LogP contribution in [0.25, 0.3) is 5.70 Å². The van der Waals surface area contributed by atoms with Gasteiger partial charge in [0.25, 0.3) is 0 Å². The van der Waals surface area contributed by atoms with Crippen LogP contribution in [0.3, 0.4) is 0 Å². The third-order valence-electron chi connectivity index (χ3n) is 3.68. The molecule has 5 nitrogen and oxygen atoms in total. The average Bonchev–Trinajstić information content (AvgIpc) is 2.57. The Morgan fingerprint density at radius 1 is 1.39 bits per heavy atom. The lowest BCUT2D eigenvalue weighted by Crippen LogP contribution is -2.17. The molecule has 1 aliphatic rings. The van der Waals surface area contributed by atoms with E-state index >= 15 is 0 Å². The second-order valence-electron chi connectivity index (χ2n) is 5.46. The van der Waals surface area contributed by atoms with Crippen molar-refractivity contribution in [2.75, 3.05) is 5.73 Å². The van der Waals surface area contributed by atoms with Gasteiger partial charge in [-0.05, 0) is 36.3 Å². The Morgan fingerprint density at radius 3 is 3.04 bits per heavy atom. The molecule has 23 heavy (non-hydrogen) atoms. The molecule has 0 spiro atoms. The largest absolute Gasteiger partial charge is 0.399 e. The summed E-state index contributed by atoms with van der Waals surface area (Å²) in [6.45, 7) is 0. The van der Waals surface area contributed by atoms with Gasteiger partial charge in [0, 0.05) is 24.4 Å². The smallest absolute Gasteiger partial charge is 0.203 e. The molecule has 1 unspecified atom stereocenters. The lowest BCUT2D eigenvalue weighted by atomic mass is 10.0. The number of rotatable bonds is 3. The van der Waals surface area contributed by atoms with E-state index in [1.165, 1.54) is 6.07 Å². The van der Waals surface area contributed by atoms with E-state index in [9.17, 15) is 4.79 Å². The molecule has 0 fully saturated rings. The van der Waals surface area contributed by atoms with Crippen LogP contribution >= 0.6 is 0 Å². The first-order valence-electron chi connectivity index (χ1n) is 7.37. The molecule has 0 aliphatic heterocycles. The summed E-state index contributed by atoms with van der Waals surface area (Å²) < 4.78 is 1.64. The van der Waals surface area contributed by atoms with Gasteiger partial charge in [-0.15, -0.1) is 0 Å². The van der Waals surface area contributed by atoms with Gasteiger partial charge in [0.2, 0.25) is 5.43 Å². The summed E-state index contributed by atoms with van der Waals surface area (Å²) >= 11 is 0. The van der Waals surface area contributed by atoms with E-state index in [0.717, 1.165) is 11.3 Å². The number of nitrogen functional groups attached to an aromatic ring is 1. The first kappa shape index (κ1) is 14.8. The summed E-state index contributed by atoms with van der Waals surface area (Å²) in [5.74, 6) is -0.159. The van der Waals surface area contributed by atoms with Crippen molar-refractivity contribution in [2.24, 2.45) is 5.92 Å². The Kier molecular flexibility index (Phi) is 4.07. The Balaban J connectivity index is 1.94. The summed E-state index contributed by atoms with van der Waals surface area (Å²) in [5.41, 5.74) is 8.52. The minimum absolute atomic E-state index is 0.110. The number of aromatic nitrogens is 2. The van der Waals surface area contributed by atoms with E-state index in [1.807, 2.05) is 36.4 Å². The standard InChI is InChI=1S/C18H16N4O/c19-12-14-4-2-6-16(10-14)22-8-7-18(23)17(21-22)11-13-3-1-5-15(20)9-13/h1-3,5-10,14H,4,11,20H2. The highest BCUT2D eigenvalue weighted by Gasteiger charge is 2.11. The third-order valence-corrected chi connectivity index (χ3v) is 3.68. The normalized spacial score (nSPS) is 16.7. The SMILES string of the molecule is N#CC1C=C(n2ccc(=O)c(Cc3cccc(N)c3)n2)C=CC1. The highest BCUT2D eigenvalue weighted by molar-refractivity contribution is 5.58. The lowest BCUT2D eigenvalue weighted by Gasteiger charge is -2.13. The van der Waals surface area contributed by atoms with Crippen LogP contribution in [0, 0.1) is 17.2 Å². The number of hydrogen-bond donors (Lipinski definition) is 1. The number of allylic oxidation sites excluding steroid dienone is 4. The molecule has 1 aliphatic carbocycles. The molecule has 1 aromatic carbocycles. The maximum absolute atomic E-state index is 12.1. The van der Waals surface area contributed by atoms with Crippen LogP contribution in [-0.4, -0.2) is 9.78 Å². The molecule has 3 rings (SSSR count). The second-order valence-corrected chi connectivity index (χ2v) is 5.46. The fraction of sp³-hybridized carbons (Fsp3) is 0.167. The quantitative estimate of drug-likeness (QED) is 0.882. The molecule has 5 heteroatoms. The monoisotopic (exact) mass is 304 g/mol. The van der Waals surface area contributed by atoms with E-state index in [4.69, 9.17) is 11.0 Å². The molecule has 114 valence electrons. The maximum atomic E-state index is 12.1. The first-order valence-corrected chi connectivity index (χ1v) is 7.37. The van der Waals surface area contributed by atoms with Crippen LogP contribution in [-0.2, 0) is 6.42 Å². The molecule has 1 atom stereocenters. The Labute approximate surface area is 134 Å². The summed E-state index contributed by atoms with van der Waals surface area (Å²) in [5, 5.41) is 13.5. The van der Waals surface area contributed by atoms with Gasteiger partial charge < -0.3 is 5.73 Å². The van der Waals surface area contributed by atoms with Gasteiger partial charge >= 0.3 is 0 Å². The van der Waals surface area contributed by atoms with Crippen molar-refractivity contribution in [3.63, 3.8) is 0 Å². The summed E-state index contributed by atoms with van der Waals surface area (Å²) in [4.78, 5) is 12.1. The predicted octanol–water partition coefficient (Wildman–Crippen LogP) is 2.36. The number of benzene rings is 1. The van der Waals surface area contributed by atoms with E-state index in [1.54, 1.807) is 16.9 Å². The molecular formula is C18H16N4O. The summed E-state index contributed by atoms with van der Waals surface area (Å²) in [6.07, 6.45) is 8.47. The molecule has 1 aromatic heterocycles. The van der Waals surface area contributed by atoms with E-state index in [0.29, 0.717) is 24.2 Å². The van der Waals surface area contributed by atoms with Crippen molar-refractivity contribution in [1.82, 2.24) is 9.78 Å². The zero-order chi connectivity index (χ0) is 16.2. The molecule has 0 bridgehead atoms. The van der Waals surface area contributed by atoms with Crippen molar-refractivity contribution in [2.45, 2.75) is 12.8 Å². The topological polar surface area (TPSA) is 84.7 Å². The van der Waals surface area contributed by atoms with Gasteiger partial charge in [-0.1, -0.05) is 18.2 Å². The van der Waals surface area contributed by atoms with Crippen LogP contribution in [0.4, 0.5) is 5.69 Å². The van der Waals surface area contributed by atoms with Gasteiger partial charge in [0.15, 0.2) is 0 Å². The van der Waals surface area contributed by atoms with Gasteiger partial charge in [-0.3, -0.25) is 4.79 Å². The zero-order valence-corrected chi connectivity index (χ0v) is 12.5. The Bertz CT molecular complexity index is 886. The number of nitrogens with zero attached hydrogens (tertiary/aromatic N) is 3. The minimum Gasteiger partial charge on any atom is -0.399 e. The summed E-state index contributed by atoms with van der Waals surface area (Å²) in [6, 6.07) is 11.1. The fourth-order valence-corrected chi connectivity index (χ4v) is 2.52. The molecule has 0 amide bonds. The molecule has 0 saturated heterocycles. The predicted molar refractivity (Wildman–Crippen MR) is 89.3 cm³/mol. The van der Waals surface area contributed by atoms with Gasteiger partial charge in [0.05, 0.1) is 17.7 Å². The summed E-state index contributed by atoms with van der Waals surface area (Å²) in [7, 11) is 0. The Hall–Kier alpha value is -3.13. The minimum atomic E-state index is -0.159. The highest BCUT2D eigenvalue weighted by atomic mass is 16.1. The van der Waals surface area contributed by atoms with Gasteiger partial charge in [-0.2, -0.15) is 10.4 Å². The van der Waals surface area contributed by atoms with Crippen molar-refractivity contribution < 1.29 is 0 Å².